The second-order valence-electron chi connectivity index (χ2n) is 6.09. The van der Waals surface area contributed by atoms with Gasteiger partial charge in [-0.05, 0) is 30.8 Å². The van der Waals surface area contributed by atoms with Gasteiger partial charge in [-0.15, -0.1) is 0 Å². The fourth-order valence-corrected chi connectivity index (χ4v) is 3.66. The summed E-state index contributed by atoms with van der Waals surface area (Å²) in [4.78, 5) is 19.1. The van der Waals surface area contributed by atoms with Crippen LogP contribution >= 0.6 is 34.8 Å². The van der Waals surface area contributed by atoms with Gasteiger partial charge in [-0.25, -0.2) is 0 Å². The number of benzene rings is 2. The Morgan fingerprint density at radius 3 is 2.48 bits per heavy atom. The summed E-state index contributed by atoms with van der Waals surface area (Å²) < 4.78 is 0. The van der Waals surface area contributed by atoms with Crippen molar-refractivity contribution in [3.63, 3.8) is 0 Å². The third kappa shape index (κ3) is 5.11. The molecule has 0 fully saturated rings. The van der Waals surface area contributed by atoms with Gasteiger partial charge in [0.25, 0.3) is 0 Å². The topological polar surface area (TPSA) is 45.2 Å². The van der Waals surface area contributed by atoms with E-state index >= 15 is 0 Å². The van der Waals surface area contributed by atoms with Crippen LogP contribution in [0, 0.1) is 0 Å². The maximum Gasteiger partial charge on any atom is 0.238 e. The lowest BCUT2D eigenvalue weighted by Crippen LogP contribution is -2.33. The molecule has 0 radical (unpaired) electrons. The Morgan fingerprint density at radius 2 is 1.78 bits per heavy atom. The maximum atomic E-state index is 12.5. The summed E-state index contributed by atoms with van der Waals surface area (Å²) >= 11 is 18.2. The molecule has 0 aliphatic rings. The first-order valence-corrected chi connectivity index (χ1v) is 9.61. The number of aromatic nitrogens is 1. The second kappa shape index (κ2) is 8.89. The normalized spacial score (nSPS) is 11.1. The highest BCUT2D eigenvalue weighted by atomic mass is 35.5. The van der Waals surface area contributed by atoms with Gasteiger partial charge in [0.15, 0.2) is 0 Å². The number of likely N-dealkylation sites (N-methyl/N-ethyl adjacent to an activating group) is 1. The number of anilines is 1. The van der Waals surface area contributed by atoms with Crippen molar-refractivity contribution in [2.45, 2.75) is 13.5 Å². The number of nitrogens with one attached hydrogen (secondary N) is 1. The van der Waals surface area contributed by atoms with E-state index in [0.29, 0.717) is 33.8 Å². The molecule has 0 saturated heterocycles. The van der Waals surface area contributed by atoms with E-state index in [1.54, 1.807) is 12.1 Å². The first-order chi connectivity index (χ1) is 13.0. The molecule has 140 valence electrons. The third-order valence-electron chi connectivity index (χ3n) is 4.13. The zero-order chi connectivity index (χ0) is 19.4. The van der Waals surface area contributed by atoms with Crippen molar-refractivity contribution in [1.29, 1.82) is 0 Å². The lowest BCUT2D eigenvalue weighted by Gasteiger charge is -2.20. The Labute approximate surface area is 173 Å². The average molecular weight is 423 g/mol. The second-order valence-corrected chi connectivity index (χ2v) is 7.34. The Balaban J connectivity index is 1.68. The quantitative estimate of drug-likeness (QED) is 0.558. The van der Waals surface area contributed by atoms with E-state index < -0.39 is 0 Å². The molecule has 3 aromatic rings. The average Bonchev–Trinajstić information content (AvgIpc) is 2.64. The summed E-state index contributed by atoms with van der Waals surface area (Å²) in [6.45, 7) is 3.46. The van der Waals surface area contributed by atoms with Crippen LogP contribution in [-0.4, -0.2) is 28.9 Å². The van der Waals surface area contributed by atoms with Crippen LogP contribution in [-0.2, 0) is 11.3 Å². The first-order valence-electron chi connectivity index (χ1n) is 8.47. The Bertz CT molecular complexity index is 955. The molecule has 0 aliphatic carbocycles. The molecule has 4 nitrogen and oxygen atoms in total. The number of carbonyl (C=O) groups excluding carboxylic acids is 1. The monoisotopic (exact) mass is 421 g/mol. The van der Waals surface area contributed by atoms with E-state index in [9.17, 15) is 4.79 Å². The van der Waals surface area contributed by atoms with Gasteiger partial charge in [0, 0.05) is 17.0 Å². The summed E-state index contributed by atoms with van der Waals surface area (Å²) in [6, 6.07) is 15.1. The molecule has 1 aromatic heterocycles. The van der Waals surface area contributed by atoms with Crippen LogP contribution in [0.3, 0.4) is 0 Å². The Hall–Kier alpha value is -1.85. The Morgan fingerprint density at radius 1 is 1.07 bits per heavy atom. The van der Waals surface area contributed by atoms with Crippen LogP contribution in [0.25, 0.3) is 10.9 Å². The molecule has 0 unspecified atom stereocenters. The molecular formula is C20H18Cl3N3O. The molecule has 0 aliphatic heterocycles. The lowest BCUT2D eigenvalue weighted by molar-refractivity contribution is -0.117. The maximum absolute atomic E-state index is 12.5. The van der Waals surface area contributed by atoms with Crippen molar-refractivity contribution in [1.82, 2.24) is 9.88 Å². The number of para-hydroxylation sites is 1. The standard InChI is InChI=1S/C20H18Cl3N3O/c1-2-26(11-15-8-7-13-5-3-4-6-18(13)24-15)12-19(27)25-20-16(22)9-14(21)10-17(20)23/h3-10H,2,11-12H2,1H3,(H,25,27). The van der Waals surface area contributed by atoms with Crippen molar-refractivity contribution < 1.29 is 4.79 Å². The molecule has 3 rings (SSSR count). The van der Waals surface area contributed by atoms with E-state index in [1.165, 1.54) is 0 Å². The Kier molecular flexibility index (Phi) is 6.55. The van der Waals surface area contributed by atoms with Gasteiger partial charge >= 0.3 is 0 Å². The van der Waals surface area contributed by atoms with Crippen molar-refractivity contribution in [2.75, 3.05) is 18.4 Å². The lowest BCUT2D eigenvalue weighted by atomic mass is 10.2. The number of hydrogen-bond donors (Lipinski definition) is 1. The van der Waals surface area contributed by atoms with Gasteiger partial charge < -0.3 is 5.32 Å². The van der Waals surface area contributed by atoms with Gasteiger partial charge in [-0.3, -0.25) is 14.7 Å². The van der Waals surface area contributed by atoms with E-state index in [-0.39, 0.29) is 12.5 Å². The zero-order valence-electron chi connectivity index (χ0n) is 14.7. The summed E-state index contributed by atoms with van der Waals surface area (Å²) in [6.07, 6.45) is 0. The van der Waals surface area contributed by atoms with Crippen LogP contribution in [0.1, 0.15) is 12.6 Å². The number of rotatable bonds is 6. The highest BCUT2D eigenvalue weighted by molar-refractivity contribution is 6.42. The molecule has 7 heteroatoms. The highest BCUT2D eigenvalue weighted by Crippen LogP contribution is 2.33. The SMILES string of the molecule is CCN(CC(=O)Nc1c(Cl)cc(Cl)cc1Cl)Cc1ccc2ccccc2n1. The smallest absolute Gasteiger partial charge is 0.238 e. The van der Waals surface area contributed by atoms with Gasteiger partial charge in [0.1, 0.15) is 0 Å². The molecule has 2 aromatic carbocycles. The molecule has 0 spiro atoms. The largest absolute Gasteiger partial charge is 0.322 e. The minimum atomic E-state index is -0.205. The van der Waals surface area contributed by atoms with Crippen molar-refractivity contribution in [3.05, 3.63) is 69.3 Å². The molecule has 27 heavy (non-hydrogen) atoms. The molecule has 0 atom stereocenters. The van der Waals surface area contributed by atoms with Gasteiger partial charge in [-0.1, -0.05) is 66.0 Å². The van der Waals surface area contributed by atoms with Crippen LogP contribution in [0.15, 0.2) is 48.5 Å². The summed E-state index contributed by atoms with van der Waals surface area (Å²) in [7, 11) is 0. The van der Waals surface area contributed by atoms with Gasteiger partial charge in [-0.2, -0.15) is 0 Å². The fraction of sp³-hybridized carbons (Fsp3) is 0.200. The fourth-order valence-electron chi connectivity index (χ4n) is 2.75. The van der Waals surface area contributed by atoms with E-state index in [2.05, 4.69) is 10.3 Å². The van der Waals surface area contributed by atoms with Crippen LogP contribution in [0.2, 0.25) is 15.1 Å². The summed E-state index contributed by atoms with van der Waals surface area (Å²) in [5.74, 6) is -0.205. The molecular weight excluding hydrogens is 405 g/mol. The van der Waals surface area contributed by atoms with Crippen molar-refractivity contribution in [3.8, 4) is 0 Å². The first kappa shape index (κ1) is 19.9. The number of pyridine rings is 1. The third-order valence-corrected chi connectivity index (χ3v) is 4.94. The number of carbonyl (C=O) groups is 1. The number of hydrogen-bond acceptors (Lipinski definition) is 3. The zero-order valence-corrected chi connectivity index (χ0v) is 16.9. The number of fused-ring (bicyclic) bond motifs is 1. The van der Waals surface area contributed by atoms with E-state index in [4.69, 9.17) is 34.8 Å². The van der Waals surface area contributed by atoms with Crippen LogP contribution < -0.4 is 5.32 Å². The number of nitrogens with zero attached hydrogens (tertiary/aromatic N) is 2. The van der Waals surface area contributed by atoms with Crippen LogP contribution in [0.5, 0.6) is 0 Å². The van der Waals surface area contributed by atoms with Crippen molar-refractivity contribution in [2.24, 2.45) is 0 Å². The predicted octanol–water partition coefficient (Wildman–Crippen LogP) is 5.66. The van der Waals surface area contributed by atoms with Crippen LogP contribution in [0.4, 0.5) is 5.69 Å². The van der Waals surface area contributed by atoms with Crippen molar-refractivity contribution >= 4 is 57.3 Å². The van der Waals surface area contributed by atoms with Gasteiger partial charge in [0.05, 0.1) is 33.5 Å². The molecule has 1 amide bonds. The van der Waals surface area contributed by atoms with E-state index in [0.717, 1.165) is 16.6 Å². The number of amides is 1. The predicted molar refractivity (Wildman–Crippen MR) is 113 cm³/mol. The summed E-state index contributed by atoms with van der Waals surface area (Å²) in [5, 5.41) is 4.88. The summed E-state index contributed by atoms with van der Waals surface area (Å²) in [5.41, 5.74) is 2.22. The molecule has 1 N–H and O–H groups in total. The van der Waals surface area contributed by atoms with E-state index in [1.807, 2.05) is 48.2 Å². The minimum absolute atomic E-state index is 0.195. The highest BCUT2D eigenvalue weighted by Gasteiger charge is 2.15. The molecule has 0 bridgehead atoms. The minimum Gasteiger partial charge on any atom is -0.322 e. The van der Waals surface area contributed by atoms with Gasteiger partial charge in [0.2, 0.25) is 5.91 Å². The molecule has 0 saturated carbocycles. The molecule has 1 heterocycles. The number of halogens is 3.